The Bertz CT molecular complexity index is 299. The molecule has 1 atom stereocenters. The molecule has 0 aliphatic rings. The van der Waals surface area contributed by atoms with Crippen molar-refractivity contribution in [1.82, 2.24) is 9.78 Å². The summed E-state index contributed by atoms with van der Waals surface area (Å²) in [6.45, 7) is 2.36. The maximum absolute atomic E-state index is 10.2. The molecule has 0 aliphatic carbocycles. The van der Waals surface area contributed by atoms with Crippen LogP contribution in [0.5, 0.6) is 0 Å². The molecule has 1 unspecified atom stereocenters. The van der Waals surface area contributed by atoms with Gasteiger partial charge in [-0.05, 0) is 25.3 Å². The van der Waals surface area contributed by atoms with Gasteiger partial charge in [-0.25, -0.2) is 0 Å². The second-order valence-corrected chi connectivity index (χ2v) is 3.96. The molecule has 0 radical (unpaired) electrons. The fraction of sp³-hybridized carbons (Fsp3) is 0.727. The Balaban J connectivity index is 2.51. The van der Waals surface area contributed by atoms with E-state index in [1.807, 2.05) is 24.7 Å². The van der Waals surface area contributed by atoms with E-state index in [4.69, 9.17) is 4.74 Å². The van der Waals surface area contributed by atoms with Crippen molar-refractivity contribution >= 4 is 0 Å². The van der Waals surface area contributed by atoms with Crippen molar-refractivity contribution in [2.45, 2.75) is 31.8 Å². The number of rotatable bonds is 6. The molecule has 4 heteroatoms. The van der Waals surface area contributed by atoms with E-state index >= 15 is 0 Å². The lowest BCUT2D eigenvalue weighted by Gasteiger charge is -2.25. The molecule has 0 fully saturated rings. The van der Waals surface area contributed by atoms with Gasteiger partial charge in [-0.15, -0.1) is 0 Å². The first kappa shape index (κ1) is 12.2. The molecule has 0 bridgehead atoms. The smallest absolute Gasteiger partial charge is 0.0881 e. The van der Waals surface area contributed by atoms with Crippen LogP contribution in [0.4, 0.5) is 0 Å². The summed E-state index contributed by atoms with van der Waals surface area (Å²) >= 11 is 0. The fourth-order valence-corrected chi connectivity index (χ4v) is 1.63. The van der Waals surface area contributed by atoms with E-state index in [9.17, 15) is 5.11 Å². The third kappa shape index (κ3) is 3.32. The summed E-state index contributed by atoms with van der Waals surface area (Å²) in [7, 11) is 3.53. The summed E-state index contributed by atoms with van der Waals surface area (Å²) in [6, 6.07) is 1.98. The average Bonchev–Trinajstić information content (AvgIpc) is 2.62. The number of aromatic nitrogens is 2. The zero-order valence-corrected chi connectivity index (χ0v) is 9.73. The van der Waals surface area contributed by atoms with Gasteiger partial charge in [0.2, 0.25) is 0 Å². The third-order valence-electron chi connectivity index (χ3n) is 2.84. The quantitative estimate of drug-likeness (QED) is 0.769. The van der Waals surface area contributed by atoms with Gasteiger partial charge in [-0.3, -0.25) is 4.68 Å². The van der Waals surface area contributed by atoms with Crippen LogP contribution in [0.3, 0.4) is 0 Å². The number of methoxy groups -OCH3 is 1. The molecule has 1 rings (SSSR count). The highest BCUT2D eigenvalue weighted by molar-refractivity contribution is 5.01. The molecule has 4 nitrogen and oxygen atoms in total. The van der Waals surface area contributed by atoms with Gasteiger partial charge >= 0.3 is 0 Å². The first-order chi connectivity index (χ1) is 7.11. The van der Waals surface area contributed by atoms with Crippen molar-refractivity contribution < 1.29 is 9.84 Å². The monoisotopic (exact) mass is 212 g/mol. The van der Waals surface area contributed by atoms with Gasteiger partial charge in [0.25, 0.3) is 0 Å². The zero-order chi connectivity index (χ0) is 11.3. The Morgan fingerprint density at radius 3 is 2.80 bits per heavy atom. The molecule has 0 saturated carbocycles. The number of ether oxygens (including phenoxy) is 1. The highest BCUT2D eigenvalue weighted by Gasteiger charge is 2.24. The lowest BCUT2D eigenvalue weighted by molar-refractivity contribution is -0.0397. The van der Waals surface area contributed by atoms with Gasteiger partial charge in [0.05, 0.1) is 12.2 Å². The molecule has 0 amide bonds. The Hall–Kier alpha value is -0.870. The van der Waals surface area contributed by atoms with E-state index < -0.39 is 5.60 Å². The van der Waals surface area contributed by atoms with E-state index in [0.29, 0.717) is 19.4 Å². The summed E-state index contributed by atoms with van der Waals surface area (Å²) in [5.74, 6) is 0. The standard InChI is InChI=1S/C11H20N2O2/c1-4-11(14,9-15-3)7-5-10-6-8-12-13(10)2/h6,8,14H,4-5,7,9H2,1-3H3. The van der Waals surface area contributed by atoms with Crippen LogP contribution in [0.15, 0.2) is 12.3 Å². The molecule has 0 aromatic carbocycles. The normalized spacial score (nSPS) is 15.2. The third-order valence-corrected chi connectivity index (χ3v) is 2.84. The molecule has 86 valence electrons. The van der Waals surface area contributed by atoms with Gasteiger partial charge in [-0.1, -0.05) is 6.92 Å². The number of aliphatic hydroxyl groups is 1. The van der Waals surface area contributed by atoms with Crippen molar-refractivity contribution in [3.8, 4) is 0 Å². The van der Waals surface area contributed by atoms with Crippen molar-refractivity contribution in [2.75, 3.05) is 13.7 Å². The molecule has 0 spiro atoms. The number of hydrogen-bond donors (Lipinski definition) is 1. The Labute approximate surface area is 90.9 Å². The second kappa shape index (κ2) is 5.28. The molecule has 1 N–H and O–H groups in total. The minimum atomic E-state index is -0.709. The Morgan fingerprint density at radius 2 is 2.33 bits per heavy atom. The van der Waals surface area contributed by atoms with Crippen LogP contribution in [0.1, 0.15) is 25.5 Å². The molecular formula is C11H20N2O2. The molecule has 0 aliphatic heterocycles. The summed E-state index contributed by atoms with van der Waals surface area (Å²) < 4.78 is 6.86. The predicted molar refractivity (Wildman–Crippen MR) is 58.6 cm³/mol. The molecule has 15 heavy (non-hydrogen) atoms. The maximum Gasteiger partial charge on any atom is 0.0881 e. The van der Waals surface area contributed by atoms with Gasteiger partial charge in [-0.2, -0.15) is 5.10 Å². The number of hydrogen-bond acceptors (Lipinski definition) is 3. The van der Waals surface area contributed by atoms with Crippen molar-refractivity contribution in [2.24, 2.45) is 7.05 Å². The second-order valence-electron chi connectivity index (χ2n) is 3.96. The van der Waals surface area contributed by atoms with Crippen molar-refractivity contribution in [3.05, 3.63) is 18.0 Å². The Morgan fingerprint density at radius 1 is 1.60 bits per heavy atom. The summed E-state index contributed by atoms with van der Waals surface area (Å²) in [5, 5.41) is 14.2. The van der Waals surface area contributed by atoms with E-state index in [1.165, 1.54) is 0 Å². The molecular weight excluding hydrogens is 192 g/mol. The fourth-order valence-electron chi connectivity index (χ4n) is 1.63. The van der Waals surface area contributed by atoms with Gasteiger partial charge in [0.1, 0.15) is 0 Å². The van der Waals surface area contributed by atoms with Crippen LogP contribution in [0.2, 0.25) is 0 Å². The number of nitrogens with zero attached hydrogens (tertiary/aromatic N) is 2. The summed E-state index contributed by atoms with van der Waals surface area (Å²) in [6.07, 6.45) is 4.01. The van der Waals surface area contributed by atoms with Crippen LogP contribution in [-0.2, 0) is 18.2 Å². The van der Waals surface area contributed by atoms with Crippen LogP contribution >= 0.6 is 0 Å². The average molecular weight is 212 g/mol. The van der Waals surface area contributed by atoms with E-state index in [0.717, 1.165) is 12.1 Å². The molecule has 0 saturated heterocycles. The summed E-state index contributed by atoms with van der Waals surface area (Å²) in [4.78, 5) is 0. The Kier molecular flexibility index (Phi) is 4.29. The molecule has 1 aromatic rings. The highest BCUT2D eigenvalue weighted by atomic mass is 16.5. The predicted octanol–water partition coefficient (Wildman–Crippen LogP) is 1.14. The van der Waals surface area contributed by atoms with Crippen molar-refractivity contribution in [1.29, 1.82) is 0 Å². The first-order valence-electron chi connectivity index (χ1n) is 5.29. The highest BCUT2D eigenvalue weighted by Crippen LogP contribution is 2.18. The molecule has 1 aromatic heterocycles. The largest absolute Gasteiger partial charge is 0.387 e. The lowest BCUT2D eigenvalue weighted by Crippen LogP contribution is -2.34. The molecule has 1 heterocycles. The maximum atomic E-state index is 10.2. The minimum Gasteiger partial charge on any atom is -0.387 e. The van der Waals surface area contributed by atoms with E-state index in [1.54, 1.807) is 13.3 Å². The van der Waals surface area contributed by atoms with E-state index in [2.05, 4.69) is 5.10 Å². The lowest BCUT2D eigenvalue weighted by atomic mass is 9.95. The van der Waals surface area contributed by atoms with Crippen molar-refractivity contribution in [3.63, 3.8) is 0 Å². The number of aryl methyl sites for hydroxylation is 2. The van der Waals surface area contributed by atoms with Crippen LogP contribution < -0.4 is 0 Å². The topological polar surface area (TPSA) is 47.3 Å². The van der Waals surface area contributed by atoms with Crippen LogP contribution in [0, 0.1) is 0 Å². The SMILES string of the molecule is CCC(O)(CCc1ccnn1C)COC. The summed E-state index contributed by atoms with van der Waals surface area (Å²) in [5.41, 5.74) is 0.428. The van der Waals surface area contributed by atoms with Gasteiger partial charge in [0, 0.05) is 26.0 Å². The van der Waals surface area contributed by atoms with Gasteiger partial charge in [0.15, 0.2) is 0 Å². The van der Waals surface area contributed by atoms with Gasteiger partial charge < -0.3 is 9.84 Å². The van der Waals surface area contributed by atoms with E-state index in [-0.39, 0.29) is 0 Å². The minimum absolute atomic E-state index is 0.390. The van der Waals surface area contributed by atoms with Crippen LogP contribution in [0.25, 0.3) is 0 Å². The van der Waals surface area contributed by atoms with Crippen LogP contribution in [-0.4, -0.2) is 34.2 Å². The zero-order valence-electron chi connectivity index (χ0n) is 9.73. The first-order valence-corrected chi connectivity index (χ1v) is 5.29.